The van der Waals surface area contributed by atoms with Crippen LogP contribution in [0.4, 0.5) is 0 Å². The lowest BCUT2D eigenvalue weighted by Crippen LogP contribution is -2.45. The first-order chi connectivity index (χ1) is 45.5. The molecule has 1 amide bonds. The van der Waals surface area contributed by atoms with Crippen molar-refractivity contribution in [2.24, 2.45) is 0 Å². The second kappa shape index (κ2) is 73.4. The van der Waals surface area contributed by atoms with Crippen molar-refractivity contribution in [3.05, 3.63) is 109 Å². The fourth-order valence-electron chi connectivity index (χ4n) is 11.6. The van der Waals surface area contributed by atoms with E-state index in [1.807, 2.05) is 27.2 Å². The van der Waals surface area contributed by atoms with Gasteiger partial charge < -0.3 is 28.8 Å². The van der Waals surface area contributed by atoms with Crippen molar-refractivity contribution in [2.75, 3.05) is 40.9 Å². The van der Waals surface area contributed by atoms with Crippen LogP contribution >= 0.6 is 7.82 Å². The standard InChI is InChI=1S/C84H153N2O6P/c1-6-8-10-12-14-16-18-20-22-24-26-28-30-32-34-36-38-40-41-42-43-44-45-46-48-50-52-54-56-58-60-62-64-66-68-70-72-74-76-78-84(88)85-82(81-92-93(89,90)91-80-79-86(3,4)5)83(87)77-75-73-71-69-67-65-63-61-59-57-55-53-51-49-47-39-37-35-33-31-29-27-25-23-21-19-17-15-13-11-9-7-2/h8,10,14,16,20,22,26,28,32,34,38,40,42-43,45-46,75,77,82-83,87H,6-7,9,11-13,15,17-19,21,23-25,27,29-31,33,35-37,39,41,44,47-74,76,78-81H2,1-5H3,(H-,85,88,89,90)/b10-8-,16-14-,22-20-,28-26-,34-32-,40-38-,43-42-,46-45-,77-75+. The van der Waals surface area contributed by atoms with Crippen molar-refractivity contribution >= 4 is 13.7 Å². The second-order valence-electron chi connectivity index (χ2n) is 28.0. The van der Waals surface area contributed by atoms with Gasteiger partial charge >= 0.3 is 0 Å². The van der Waals surface area contributed by atoms with Gasteiger partial charge in [-0.15, -0.1) is 0 Å². The van der Waals surface area contributed by atoms with Gasteiger partial charge in [0.25, 0.3) is 7.82 Å². The molecule has 8 nitrogen and oxygen atoms in total. The highest BCUT2D eigenvalue weighted by molar-refractivity contribution is 7.45. The van der Waals surface area contributed by atoms with E-state index in [1.165, 1.54) is 257 Å². The lowest BCUT2D eigenvalue weighted by molar-refractivity contribution is -0.870. The van der Waals surface area contributed by atoms with Gasteiger partial charge in [0.1, 0.15) is 13.2 Å². The molecule has 0 radical (unpaired) electrons. The van der Waals surface area contributed by atoms with E-state index in [-0.39, 0.29) is 19.1 Å². The summed E-state index contributed by atoms with van der Waals surface area (Å²) in [4.78, 5) is 25.7. The van der Waals surface area contributed by atoms with E-state index >= 15 is 0 Å². The molecule has 0 aliphatic carbocycles. The molecule has 2 N–H and O–H groups in total. The van der Waals surface area contributed by atoms with Gasteiger partial charge in [-0.3, -0.25) is 9.36 Å². The number of likely N-dealkylation sites (N-methyl/N-ethyl adjacent to an activating group) is 1. The van der Waals surface area contributed by atoms with Gasteiger partial charge in [0.05, 0.1) is 39.9 Å². The summed E-state index contributed by atoms with van der Waals surface area (Å²) < 4.78 is 23.5. The average molecular weight is 1320 g/mol. The Hall–Kier alpha value is -2.84. The molecule has 0 aliphatic rings. The lowest BCUT2D eigenvalue weighted by Gasteiger charge is -2.29. The van der Waals surface area contributed by atoms with Crippen LogP contribution in [-0.2, 0) is 18.4 Å². The van der Waals surface area contributed by atoms with Crippen LogP contribution in [0.15, 0.2) is 109 Å². The molecule has 9 heteroatoms. The third-order valence-corrected chi connectivity index (χ3v) is 18.7. The molecule has 0 aromatic carbocycles. The van der Waals surface area contributed by atoms with Crippen LogP contribution in [0.3, 0.4) is 0 Å². The maximum Gasteiger partial charge on any atom is 0.268 e. The monoisotopic (exact) mass is 1320 g/mol. The van der Waals surface area contributed by atoms with Gasteiger partial charge in [-0.2, -0.15) is 0 Å². The first kappa shape index (κ1) is 90.2. The van der Waals surface area contributed by atoms with Crippen molar-refractivity contribution in [3.63, 3.8) is 0 Å². The number of phosphoric ester groups is 1. The van der Waals surface area contributed by atoms with Gasteiger partial charge in [-0.05, 0) is 83.5 Å². The van der Waals surface area contributed by atoms with Gasteiger partial charge in [0.2, 0.25) is 5.91 Å². The number of allylic oxidation sites excluding steroid dienone is 17. The topological polar surface area (TPSA) is 108 Å². The maximum atomic E-state index is 13.1. The van der Waals surface area contributed by atoms with Crippen LogP contribution in [0.5, 0.6) is 0 Å². The van der Waals surface area contributed by atoms with Crippen molar-refractivity contribution in [1.29, 1.82) is 0 Å². The Bertz CT molecular complexity index is 1890. The quantitative estimate of drug-likeness (QED) is 0.0272. The molecule has 0 spiro atoms. The Labute approximate surface area is 578 Å². The van der Waals surface area contributed by atoms with Gasteiger partial charge in [-0.25, -0.2) is 0 Å². The predicted octanol–water partition coefficient (Wildman–Crippen LogP) is 25.5. The summed E-state index contributed by atoms with van der Waals surface area (Å²) in [6, 6.07) is -0.895. The summed E-state index contributed by atoms with van der Waals surface area (Å²) >= 11 is 0. The van der Waals surface area contributed by atoms with E-state index < -0.39 is 20.0 Å². The maximum absolute atomic E-state index is 13.1. The molecule has 3 atom stereocenters. The number of aliphatic hydroxyl groups excluding tert-OH is 1. The summed E-state index contributed by atoms with van der Waals surface area (Å²) in [5.74, 6) is -0.196. The largest absolute Gasteiger partial charge is 0.756 e. The summed E-state index contributed by atoms with van der Waals surface area (Å²) in [5.41, 5.74) is 0. The number of carbonyl (C=O) groups is 1. The zero-order valence-corrected chi connectivity index (χ0v) is 62.8. The molecule has 0 fully saturated rings. The summed E-state index contributed by atoms with van der Waals surface area (Å²) in [5, 5.41) is 14.0. The number of unbranched alkanes of at least 4 members (excludes halogenated alkanes) is 44. The third kappa shape index (κ3) is 76.4. The van der Waals surface area contributed by atoms with Gasteiger partial charge in [0.15, 0.2) is 0 Å². The minimum Gasteiger partial charge on any atom is -0.756 e. The summed E-state index contributed by atoms with van der Waals surface area (Å²) in [6.07, 6.45) is 108. The third-order valence-electron chi connectivity index (χ3n) is 17.7. The van der Waals surface area contributed by atoms with E-state index in [4.69, 9.17) is 9.05 Å². The smallest absolute Gasteiger partial charge is 0.268 e. The van der Waals surface area contributed by atoms with E-state index in [2.05, 4.69) is 116 Å². The highest BCUT2D eigenvalue weighted by Crippen LogP contribution is 2.38. The number of rotatable bonds is 73. The van der Waals surface area contributed by atoms with Crippen molar-refractivity contribution in [1.82, 2.24) is 5.32 Å². The molecule has 93 heavy (non-hydrogen) atoms. The molecular weight excluding hydrogens is 1160 g/mol. The number of quaternary nitrogens is 1. The second-order valence-corrected chi connectivity index (χ2v) is 29.5. The number of hydrogen-bond donors (Lipinski definition) is 2. The first-order valence-electron chi connectivity index (χ1n) is 39.7. The summed E-state index contributed by atoms with van der Waals surface area (Å²) in [7, 11) is 1.26. The molecule has 0 saturated heterocycles. The molecule has 0 bridgehead atoms. The molecule has 0 saturated carbocycles. The van der Waals surface area contributed by atoms with E-state index in [0.717, 1.165) is 89.9 Å². The fraction of sp³-hybridized carbons (Fsp3) is 0.774. The molecule has 540 valence electrons. The fourth-order valence-corrected chi connectivity index (χ4v) is 12.4. The Balaban J connectivity index is 4.02. The predicted molar refractivity (Wildman–Crippen MR) is 408 cm³/mol. The Morgan fingerprint density at radius 3 is 0.957 bits per heavy atom. The number of nitrogens with zero attached hydrogens (tertiary/aromatic N) is 1. The number of hydrogen-bond acceptors (Lipinski definition) is 6. The van der Waals surface area contributed by atoms with E-state index in [0.29, 0.717) is 17.4 Å². The van der Waals surface area contributed by atoms with E-state index in [9.17, 15) is 19.4 Å². The number of nitrogens with one attached hydrogen (secondary N) is 1. The Morgan fingerprint density at radius 2 is 0.656 bits per heavy atom. The highest BCUT2D eigenvalue weighted by Gasteiger charge is 2.23. The van der Waals surface area contributed by atoms with Crippen molar-refractivity contribution in [2.45, 2.75) is 379 Å². The Morgan fingerprint density at radius 1 is 0.387 bits per heavy atom. The van der Waals surface area contributed by atoms with Crippen LogP contribution in [0.2, 0.25) is 0 Å². The molecule has 0 aromatic heterocycles. The Kier molecular flexibility index (Phi) is 71.2. The molecule has 0 heterocycles. The number of phosphoric acid groups is 1. The molecule has 0 aliphatic heterocycles. The van der Waals surface area contributed by atoms with Crippen LogP contribution in [-0.4, -0.2) is 68.5 Å². The molecule has 0 aromatic rings. The van der Waals surface area contributed by atoms with Crippen molar-refractivity contribution < 1.29 is 32.9 Å². The lowest BCUT2D eigenvalue weighted by atomic mass is 10.0. The van der Waals surface area contributed by atoms with Gasteiger partial charge in [-0.1, -0.05) is 386 Å². The minimum atomic E-state index is -4.61. The van der Waals surface area contributed by atoms with Crippen LogP contribution < -0.4 is 10.2 Å². The van der Waals surface area contributed by atoms with Gasteiger partial charge in [0, 0.05) is 6.42 Å². The van der Waals surface area contributed by atoms with Crippen molar-refractivity contribution in [3.8, 4) is 0 Å². The zero-order chi connectivity index (χ0) is 67.6. The minimum absolute atomic E-state index is 0.00371. The van der Waals surface area contributed by atoms with E-state index in [1.54, 1.807) is 6.08 Å². The molecular formula is C84H153N2O6P. The normalized spacial score (nSPS) is 14.1. The van der Waals surface area contributed by atoms with Crippen LogP contribution in [0.1, 0.15) is 367 Å². The number of aliphatic hydroxyl groups is 1. The highest BCUT2D eigenvalue weighted by atomic mass is 31.2. The zero-order valence-electron chi connectivity index (χ0n) is 61.9. The molecule has 3 unspecified atom stereocenters. The summed E-state index contributed by atoms with van der Waals surface area (Å²) in [6.45, 7) is 4.58. The SMILES string of the molecule is CC/C=C\C/C=C\C/C=C\C/C=C\C/C=C\C/C=C\C/C=C\C/C=C\CCCCCCCCCCCCCCCCC(=O)NC(COP(=O)([O-])OCC[N+](C)(C)C)C(O)/C=C/CCCCCCCCCCCCCCCCCCCCCCCCCCCCCCCC. The van der Waals surface area contributed by atoms with Crippen LogP contribution in [0, 0.1) is 0 Å². The molecule has 0 rings (SSSR count). The number of carbonyl (C=O) groups excluding carboxylic acids is 1. The average Bonchev–Trinajstić information content (AvgIpc) is 1.94. The van der Waals surface area contributed by atoms with Crippen LogP contribution in [0.25, 0.3) is 0 Å². The number of amides is 1. The first-order valence-corrected chi connectivity index (χ1v) is 41.2.